The molecular formula is C14H17N3O3. The molecule has 0 saturated carbocycles. The summed E-state index contributed by atoms with van der Waals surface area (Å²) in [5, 5.41) is 4.79. The second-order valence-electron chi connectivity index (χ2n) is 5.11. The molecule has 106 valence electrons. The van der Waals surface area contributed by atoms with Gasteiger partial charge < -0.3 is 5.32 Å². The van der Waals surface area contributed by atoms with Gasteiger partial charge in [-0.2, -0.15) is 0 Å². The van der Waals surface area contributed by atoms with Crippen molar-refractivity contribution in [2.24, 2.45) is 0 Å². The van der Waals surface area contributed by atoms with Gasteiger partial charge in [-0.15, -0.1) is 0 Å². The van der Waals surface area contributed by atoms with E-state index in [1.54, 1.807) is 12.3 Å². The molecule has 2 rings (SSSR count). The smallest absolute Gasteiger partial charge is 0.270 e. The Morgan fingerprint density at radius 3 is 2.70 bits per heavy atom. The van der Waals surface area contributed by atoms with Crippen molar-refractivity contribution in [1.82, 2.24) is 15.6 Å². The third-order valence-corrected chi connectivity index (χ3v) is 3.23. The lowest BCUT2D eigenvalue weighted by Gasteiger charge is -2.21. The van der Waals surface area contributed by atoms with Crippen LogP contribution in [0.15, 0.2) is 18.3 Å². The molecule has 0 unspecified atom stereocenters. The summed E-state index contributed by atoms with van der Waals surface area (Å²) in [5.74, 6) is -0.835. The Bertz CT molecular complexity index is 537. The molecule has 6 nitrogen and oxygen atoms in total. The normalized spacial score (nSPS) is 18.9. The Kier molecular flexibility index (Phi) is 4.12. The summed E-state index contributed by atoms with van der Waals surface area (Å²) < 4.78 is 0. The highest BCUT2D eigenvalue weighted by atomic mass is 16.2. The molecule has 1 atom stereocenters. The summed E-state index contributed by atoms with van der Waals surface area (Å²) in [6.07, 6.45) is 2.21. The third kappa shape index (κ3) is 3.20. The number of carbonyl (C=O) groups is 3. The number of rotatable bonds is 3. The number of carbonyl (C=O) groups excluding carboxylic acids is 3. The minimum absolute atomic E-state index is 0.233. The summed E-state index contributed by atoms with van der Waals surface area (Å²) >= 11 is 0. The summed E-state index contributed by atoms with van der Waals surface area (Å²) in [7, 11) is 0. The second-order valence-corrected chi connectivity index (χ2v) is 5.11. The highest BCUT2D eigenvalue weighted by molar-refractivity contribution is 6.03. The van der Waals surface area contributed by atoms with Crippen molar-refractivity contribution in [3.05, 3.63) is 29.6 Å². The van der Waals surface area contributed by atoms with Gasteiger partial charge in [0.15, 0.2) is 0 Å². The van der Waals surface area contributed by atoms with Gasteiger partial charge in [0.25, 0.3) is 5.91 Å². The standard InChI is InChI=1S/C14H17N3O3/c1-8(2)9-3-4-10(15-7-9)13(19)16-11-5-6-12(18)17-14(11)20/h3-4,7-8,11H,5-6H2,1-2H3,(H,16,19)(H,17,18,20)/t11-/m1/s1. The van der Waals surface area contributed by atoms with Crippen LogP contribution in [0.5, 0.6) is 0 Å². The van der Waals surface area contributed by atoms with Crippen LogP contribution < -0.4 is 10.6 Å². The fraction of sp³-hybridized carbons (Fsp3) is 0.429. The summed E-state index contributed by atoms with van der Waals surface area (Å²) in [6, 6.07) is 2.81. The predicted molar refractivity (Wildman–Crippen MR) is 72.0 cm³/mol. The molecule has 0 aliphatic carbocycles. The van der Waals surface area contributed by atoms with E-state index in [1.807, 2.05) is 19.9 Å². The molecule has 0 aromatic carbocycles. The number of pyridine rings is 1. The average molecular weight is 275 g/mol. The number of imide groups is 1. The maximum atomic E-state index is 12.0. The quantitative estimate of drug-likeness (QED) is 0.796. The number of nitrogens with one attached hydrogen (secondary N) is 2. The topological polar surface area (TPSA) is 88.2 Å². The van der Waals surface area contributed by atoms with Crippen LogP contribution in [0.1, 0.15) is 48.7 Å². The Labute approximate surface area is 117 Å². The maximum Gasteiger partial charge on any atom is 0.270 e. The molecule has 6 heteroatoms. The van der Waals surface area contributed by atoms with E-state index in [9.17, 15) is 14.4 Å². The van der Waals surface area contributed by atoms with E-state index in [-0.39, 0.29) is 18.0 Å². The van der Waals surface area contributed by atoms with Gasteiger partial charge in [-0.25, -0.2) is 0 Å². The largest absolute Gasteiger partial charge is 0.339 e. The van der Waals surface area contributed by atoms with Crippen LogP contribution in [-0.4, -0.2) is 28.7 Å². The molecule has 0 spiro atoms. The van der Waals surface area contributed by atoms with Gasteiger partial charge in [-0.3, -0.25) is 24.7 Å². The highest BCUT2D eigenvalue weighted by Gasteiger charge is 2.28. The van der Waals surface area contributed by atoms with Crippen molar-refractivity contribution in [3.8, 4) is 0 Å². The van der Waals surface area contributed by atoms with Gasteiger partial charge >= 0.3 is 0 Å². The SMILES string of the molecule is CC(C)c1ccc(C(=O)N[C@@H]2CCC(=O)NC2=O)nc1. The van der Waals surface area contributed by atoms with Crippen LogP contribution in [0.4, 0.5) is 0 Å². The minimum Gasteiger partial charge on any atom is -0.339 e. The van der Waals surface area contributed by atoms with E-state index in [4.69, 9.17) is 0 Å². The molecule has 2 heterocycles. The van der Waals surface area contributed by atoms with E-state index in [0.717, 1.165) is 5.56 Å². The fourth-order valence-electron chi connectivity index (χ4n) is 1.94. The van der Waals surface area contributed by atoms with Crippen molar-refractivity contribution in [1.29, 1.82) is 0 Å². The fourth-order valence-corrected chi connectivity index (χ4v) is 1.94. The Hall–Kier alpha value is -2.24. The van der Waals surface area contributed by atoms with Crippen LogP contribution in [0.3, 0.4) is 0 Å². The summed E-state index contributed by atoms with van der Waals surface area (Å²) in [4.78, 5) is 38.6. The van der Waals surface area contributed by atoms with Crippen molar-refractivity contribution in [3.63, 3.8) is 0 Å². The van der Waals surface area contributed by atoms with Crippen LogP contribution >= 0.6 is 0 Å². The van der Waals surface area contributed by atoms with E-state index in [1.165, 1.54) is 0 Å². The lowest BCUT2D eigenvalue weighted by atomic mass is 10.0. The predicted octanol–water partition coefficient (Wildman–Crippen LogP) is 0.740. The molecule has 3 amide bonds. The zero-order chi connectivity index (χ0) is 14.7. The number of hydrogen-bond donors (Lipinski definition) is 2. The molecule has 1 aliphatic rings. The van der Waals surface area contributed by atoms with Crippen LogP contribution in [0.2, 0.25) is 0 Å². The molecule has 2 N–H and O–H groups in total. The average Bonchev–Trinajstić information content (AvgIpc) is 2.42. The van der Waals surface area contributed by atoms with E-state index in [2.05, 4.69) is 15.6 Å². The number of amides is 3. The molecule has 1 aliphatic heterocycles. The van der Waals surface area contributed by atoms with E-state index < -0.39 is 17.9 Å². The van der Waals surface area contributed by atoms with E-state index >= 15 is 0 Å². The highest BCUT2D eigenvalue weighted by Crippen LogP contribution is 2.13. The molecule has 0 bridgehead atoms. The molecule has 1 fully saturated rings. The first-order valence-electron chi connectivity index (χ1n) is 6.58. The summed E-state index contributed by atoms with van der Waals surface area (Å²) in [6.45, 7) is 4.08. The van der Waals surface area contributed by atoms with Crippen molar-refractivity contribution in [2.75, 3.05) is 0 Å². The Morgan fingerprint density at radius 2 is 2.15 bits per heavy atom. The monoisotopic (exact) mass is 275 g/mol. The van der Waals surface area contributed by atoms with E-state index in [0.29, 0.717) is 12.3 Å². The van der Waals surface area contributed by atoms with Crippen LogP contribution in [0, 0.1) is 0 Å². The van der Waals surface area contributed by atoms with Crippen molar-refractivity contribution >= 4 is 17.7 Å². The third-order valence-electron chi connectivity index (χ3n) is 3.23. The number of nitrogens with zero attached hydrogens (tertiary/aromatic N) is 1. The van der Waals surface area contributed by atoms with Gasteiger partial charge in [-0.05, 0) is 24.0 Å². The van der Waals surface area contributed by atoms with Crippen molar-refractivity contribution in [2.45, 2.75) is 38.6 Å². The number of hydrogen-bond acceptors (Lipinski definition) is 4. The minimum atomic E-state index is -0.674. The molecule has 20 heavy (non-hydrogen) atoms. The molecular weight excluding hydrogens is 258 g/mol. The van der Waals surface area contributed by atoms with Gasteiger partial charge in [0.2, 0.25) is 11.8 Å². The molecule has 1 aromatic heterocycles. The van der Waals surface area contributed by atoms with Gasteiger partial charge in [-0.1, -0.05) is 19.9 Å². The zero-order valence-electron chi connectivity index (χ0n) is 11.5. The molecule has 0 radical (unpaired) electrons. The zero-order valence-corrected chi connectivity index (χ0v) is 11.5. The van der Waals surface area contributed by atoms with Gasteiger partial charge in [0, 0.05) is 12.6 Å². The number of piperidine rings is 1. The lowest BCUT2D eigenvalue weighted by molar-refractivity contribution is -0.134. The molecule has 1 aromatic rings. The van der Waals surface area contributed by atoms with Gasteiger partial charge in [0.1, 0.15) is 11.7 Å². The van der Waals surface area contributed by atoms with Crippen LogP contribution in [0.25, 0.3) is 0 Å². The molecule has 1 saturated heterocycles. The second kappa shape index (κ2) is 5.81. The first kappa shape index (κ1) is 14.2. The first-order valence-corrected chi connectivity index (χ1v) is 6.58. The number of aromatic nitrogens is 1. The van der Waals surface area contributed by atoms with Crippen molar-refractivity contribution < 1.29 is 14.4 Å². The lowest BCUT2D eigenvalue weighted by Crippen LogP contribution is -2.52. The van der Waals surface area contributed by atoms with Crippen LogP contribution in [-0.2, 0) is 9.59 Å². The Balaban J connectivity index is 2.01. The van der Waals surface area contributed by atoms with Gasteiger partial charge in [0.05, 0.1) is 0 Å². The summed E-state index contributed by atoms with van der Waals surface area (Å²) in [5.41, 5.74) is 1.31. The Morgan fingerprint density at radius 1 is 1.40 bits per heavy atom. The first-order chi connectivity index (χ1) is 9.47. The maximum absolute atomic E-state index is 12.0.